The van der Waals surface area contributed by atoms with Crippen LogP contribution in [-0.2, 0) is 12.7 Å². The first kappa shape index (κ1) is 28.0. The van der Waals surface area contributed by atoms with E-state index in [1.54, 1.807) is 18.2 Å². The van der Waals surface area contributed by atoms with Crippen molar-refractivity contribution in [3.63, 3.8) is 0 Å². The minimum absolute atomic E-state index is 0.0647. The van der Waals surface area contributed by atoms with Crippen molar-refractivity contribution in [2.75, 3.05) is 38.5 Å². The van der Waals surface area contributed by atoms with Crippen molar-refractivity contribution in [1.29, 1.82) is 0 Å². The normalized spacial score (nSPS) is 14.8. The molecule has 0 spiro atoms. The fraction of sp³-hybridized carbons (Fsp3) is 0.276. The molecule has 1 saturated heterocycles. The van der Waals surface area contributed by atoms with E-state index in [1.807, 2.05) is 37.1 Å². The monoisotopic (exact) mass is 613 g/mol. The molecule has 0 aliphatic carbocycles. The molecule has 2 heterocycles. The van der Waals surface area contributed by atoms with Gasteiger partial charge in [-0.15, -0.1) is 0 Å². The molecule has 1 amide bonds. The largest absolute Gasteiger partial charge is 0.438 e. The van der Waals surface area contributed by atoms with Gasteiger partial charge in [-0.1, -0.05) is 28.1 Å². The van der Waals surface area contributed by atoms with Crippen LogP contribution in [0.5, 0.6) is 11.6 Å². The molecule has 0 unspecified atom stereocenters. The zero-order valence-electron chi connectivity index (χ0n) is 21.9. The molecule has 0 bridgehead atoms. The first-order chi connectivity index (χ1) is 19.1. The highest BCUT2D eigenvalue weighted by Gasteiger charge is 2.34. The molecule has 3 aromatic carbocycles. The molecule has 1 N–H and O–H groups in total. The van der Waals surface area contributed by atoms with Crippen LogP contribution < -0.4 is 10.1 Å². The molecule has 1 aliphatic rings. The number of aryl methyl sites for hydroxylation is 1. The molecular weight excluding hydrogens is 587 g/mol. The SMILES string of the molecule is Cc1ccc(C(=O)Nc2ccc(CN3CCN(C)CC3)c(C(F)(F)F)c2)cc1Oc1ncnc2cc(Br)ccc12. The van der Waals surface area contributed by atoms with Crippen LogP contribution in [0.25, 0.3) is 10.9 Å². The van der Waals surface area contributed by atoms with E-state index < -0.39 is 17.6 Å². The summed E-state index contributed by atoms with van der Waals surface area (Å²) in [4.78, 5) is 25.7. The second-order valence-corrected chi connectivity index (χ2v) is 10.7. The number of aromatic nitrogens is 2. The third-order valence-electron chi connectivity index (χ3n) is 6.88. The lowest BCUT2D eigenvalue weighted by Crippen LogP contribution is -2.44. The van der Waals surface area contributed by atoms with E-state index in [-0.39, 0.29) is 23.4 Å². The number of ether oxygens (including phenoxy) is 1. The molecular formula is C29H27BrF3N5O2. The number of alkyl halides is 3. The molecule has 1 aliphatic heterocycles. The number of carbonyl (C=O) groups excluding carboxylic acids is 1. The zero-order valence-corrected chi connectivity index (χ0v) is 23.5. The smallest absolute Gasteiger partial charge is 0.416 e. The number of benzene rings is 3. The number of rotatable bonds is 6. The molecule has 5 rings (SSSR count). The van der Waals surface area contributed by atoms with Crippen LogP contribution in [0.1, 0.15) is 27.0 Å². The van der Waals surface area contributed by atoms with Gasteiger partial charge in [0.25, 0.3) is 5.91 Å². The van der Waals surface area contributed by atoms with Crippen molar-refractivity contribution in [3.8, 4) is 11.6 Å². The third kappa shape index (κ3) is 6.43. The van der Waals surface area contributed by atoms with Crippen LogP contribution in [0.15, 0.2) is 65.4 Å². The van der Waals surface area contributed by atoms with E-state index in [9.17, 15) is 18.0 Å². The highest BCUT2D eigenvalue weighted by Crippen LogP contribution is 2.35. The number of anilines is 1. The van der Waals surface area contributed by atoms with Crippen LogP contribution in [0.3, 0.4) is 0 Å². The molecule has 0 saturated carbocycles. The molecule has 0 radical (unpaired) electrons. The average Bonchev–Trinajstić information content (AvgIpc) is 2.91. The van der Waals surface area contributed by atoms with Crippen LogP contribution in [0, 0.1) is 6.92 Å². The Kier molecular flexibility index (Phi) is 8.07. The van der Waals surface area contributed by atoms with Gasteiger partial charge in [-0.05, 0) is 67.6 Å². The van der Waals surface area contributed by atoms with Crippen molar-refractivity contribution >= 4 is 38.4 Å². The lowest BCUT2D eigenvalue weighted by Gasteiger charge is -2.33. The van der Waals surface area contributed by atoms with E-state index in [2.05, 4.69) is 36.1 Å². The minimum Gasteiger partial charge on any atom is -0.438 e. The second kappa shape index (κ2) is 11.5. The molecule has 0 atom stereocenters. The predicted molar refractivity (Wildman–Crippen MR) is 151 cm³/mol. The standard InChI is InChI=1S/C29H27BrF3N5O2/c1-18-3-4-19(13-26(18)40-28-23-8-6-21(30)14-25(23)34-17-35-28)27(39)36-22-7-5-20(24(15-22)29(31,32)33)16-38-11-9-37(2)10-12-38/h3-8,13-15,17H,9-12,16H2,1-2H3,(H,36,39). The number of amides is 1. The van der Waals surface area contributed by atoms with Crippen LogP contribution in [0.4, 0.5) is 18.9 Å². The number of piperazine rings is 1. The van der Waals surface area contributed by atoms with Crippen molar-refractivity contribution in [2.45, 2.75) is 19.6 Å². The summed E-state index contributed by atoms with van der Waals surface area (Å²) >= 11 is 3.42. The Morgan fingerprint density at radius 2 is 1.80 bits per heavy atom. The van der Waals surface area contributed by atoms with E-state index in [0.717, 1.165) is 29.2 Å². The third-order valence-corrected chi connectivity index (χ3v) is 7.38. The summed E-state index contributed by atoms with van der Waals surface area (Å²) in [6.07, 6.45) is -3.16. The number of likely N-dealkylation sites (N-methyl/N-ethyl adjacent to an activating group) is 1. The van der Waals surface area contributed by atoms with Gasteiger partial charge in [0.2, 0.25) is 5.88 Å². The lowest BCUT2D eigenvalue weighted by atomic mass is 10.0. The Balaban J connectivity index is 1.36. The average molecular weight is 614 g/mol. The van der Waals surface area contributed by atoms with Gasteiger partial charge in [-0.3, -0.25) is 9.69 Å². The summed E-state index contributed by atoms with van der Waals surface area (Å²) in [6.45, 7) is 5.04. The minimum atomic E-state index is -4.55. The molecule has 4 aromatic rings. The maximum Gasteiger partial charge on any atom is 0.416 e. The maximum atomic E-state index is 14.0. The summed E-state index contributed by atoms with van der Waals surface area (Å²) < 4.78 is 48.8. The fourth-order valence-corrected chi connectivity index (χ4v) is 4.90. The van der Waals surface area contributed by atoms with Gasteiger partial charge in [0, 0.05) is 48.4 Å². The Labute approximate surface area is 238 Å². The Morgan fingerprint density at radius 1 is 1.02 bits per heavy atom. The van der Waals surface area contributed by atoms with Crippen LogP contribution in [-0.4, -0.2) is 58.9 Å². The van der Waals surface area contributed by atoms with Gasteiger partial charge < -0.3 is 15.0 Å². The van der Waals surface area contributed by atoms with Gasteiger partial charge in [0.1, 0.15) is 12.1 Å². The fourth-order valence-electron chi connectivity index (χ4n) is 4.55. The maximum absolute atomic E-state index is 14.0. The Bertz CT molecular complexity index is 1550. The van der Waals surface area contributed by atoms with Crippen molar-refractivity contribution < 1.29 is 22.7 Å². The van der Waals surface area contributed by atoms with E-state index in [0.29, 0.717) is 35.6 Å². The number of hydrogen-bond donors (Lipinski definition) is 1. The number of nitrogens with zero attached hydrogens (tertiary/aromatic N) is 4. The topological polar surface area (TPSA) is 70.6 Å². The van der Waals surface area contributed by atoms with E-state index in [4.69, 9.17) is 4.74 Å². The lowest BCUT2D eigenvalue weighted by molar-refractivity contribution is -0.138. The van der Waals surface area contributed by atoms with Gasteiger partial charge >= 0.3 is 6.18 Å². The summed E-state index contributed by atoms with van der Waals surface area (Å²) in [5, 5.41) is 3.30. The molecule has 1 aromatic heterocycles. The highest BCUT2D eigenvalue weighted by molar-refractivity contribution is 9.10. The number of nitrogens with one attached hydrogen (secondary N) is 1. The summed E-state index contributed by atoms with van der Waals surface area (Å²) in [5.74, 6) is 0.166. The van der Waals surface area contributed by atoms with Gasteiger partial charge in [0.05, 0.1) is 16.5 Å². The number of fused-ring (bicyclic) bond motifs is 1. The molecule has 40 heavy (non-hydrogen) atoms. The van der Waals surface area contributed by atoms with Crippen LogP contribution in [0.2, 0.25) is 0 Å². The van der Waals surface area contributed by atoms with E-state index >= 15 is 0 Å². The molecule has 208 valence electrons. The summed E-state index contributed by atoms with van der Waals surface area (Å²) in [7, 11) is 2.00. The molecule has 11 heteroatoms. The van der Waals surface area contributed by atoms with Crippen molar-refractivity contribution in [1.82, 2.24) is 19.8 Å². The summed E-state index contributed by atoms with van der Waals surface area (Å²) in [6, 6.07) is 14.3. The number of halogens is 4. The number of carbonyl (C=O) groups is 1. The van der Waals surface area contributed by atoms with Gasteiger partial charge in [-0.2, -0.15) is 13.2 Å². The first-order valence-electron chi connectivity index (χ1n) is 12.7. The quantitative estimate of drug-likeness (QED) is 0.267. The van der Waals surface area contributed by atoms with Crippen LogP contribution >= 0.6 is 15.9 Å². The summed E-state index contributed by atoms with van der Waals surface area (Å²) in [5.41, 5.74) is 1.17. The number of hydrogen-bond acceptors (Lipinski definition) is 6. The Hall–Kier alpha value is -3.54. The second-order valence-electron chi connectivity index (χ2n) is 9.83. The van der Waals surface area contributed by atoms with Crippen molar-refractivity contribution in [3.05, 3.63) is 87.7 Å². The van der Waals surface area contributed by atoms with Gasteiger partial charge in [-0.25, -0.2) is 9.97 Å². The zero-order chi connectivity index (χ0) is 28.4. The molecule has 1 fully saturated rings. The highest BCUT2D eigenvalue weighted by atomic mass is 79.9. The van der Waals surface area contributed by atoms with Crippen molar-refractivity contribution in [2.24, 2.45) is 0 Å². The molecule has 7 nitrogen and oxygen atoms in total. The predicted octanol–water partition coefficient (Wildman–Crippen LogP) is 6.51. The first-order valence-corrected chi connectivity index (χ1v) is 13.5. The van der Waals surface area contributed by atoms with Gasteiger partial charge in [0.15, 0.2) is 0 Å². The Morgan fingerprint density at radius 3 is 2.55 bits per heavy atom. The van der Waals surface area contributed by atoms with E-state index in [1.165, 1.54) is 18.5 Å².